The third kappa shape index (κ3) is 5.21. The number of phenols is 2. The van der Waals surface area contributed by atoms with E-state index >= 15 is 0 Å². The van der Waals surface area contributed by atoms with Gasteiger partial charge in [-0.15, -0.1) is 0 Å². The van der Waals surface area contributed by atoms with Gasteiger partial charge in [0.1, 0.15) is 23.3 Å². The van der Waals surface area contributed by atoms with Crippen molar-refractivity contribution in [3.05, 3.63) is 82.4 Å². The number of methoxy groups -OCH3 is 1. The number of piperazine rings is 1. The maximum Gasteiger partial charge on any atom is 0.227 e. The highest BCUT2D eigenvalue weighted by atomic mass is 16.5. The van der Waals surface area contributed by atoms with E-state index in [4.69, 9.17) is 4.74 Å². The molecule has 0 saturated carbocycles. The highest BCUT2D eigenvalue weighted by molar-refractivity contribution is 6.12. The Morgan fingerprint density at radius 3 is 2.27 bits per heavy atom. The molecule has 37 heavy (non-hydrogen) atoms. The van der Waals surface area contributed by atoms with Crippen LogP contribution in [-0.2, 0) is 17.6 Å². The first-order valence-corrected chi connectivity index (χ1v) is 12.1. The lowest BCUT2D eigenvalue weighted by atomic mass is 9.89. The number of carbonyl (C=O) groups excluding carboxylic acids is 2. The van der Waals surface area contributed by atoms with Crippen LogP contribution in [0, 0.1) is 11.3 Å². The quantitative estimate of drug-likeness (QED) is 0.477. The van der Waals surface area contributed by atoms with Crippen LogP contribution in [0.3, 0.4) is 0 Å². The minimum Gasteiger partial charge on any atom is -0.508 e. The van der Waals surface area contributed by atoms with Gasteiger partial charge in [0.05, 0.1) is 30.3 Å². The number of nitriles is 1. The van der Waals surface area contributed by atoms with Crippen LogP contribution >= 0.6 is 0 Å². The molecule has 0 unspecified atom stereocenters. The second kappa shape index (κ2) is 11.0. The number of carbonyl (C=O) groups is 2. The molecular weight excluding hydrogens is 470 g/mol. The van der Waals surface area contributed by atoms with Crippen molar-refractivity contribution in [3.8, 4) is 23.3 Å². The molecule has 8 heteroatoms. The molecule has 4 rings (SSSR count). The average molecular weight is 500 g/mol. The molecule has 1 saturated heterocycles. The second-order valence-electron chi connectivity index (χ2n) is 8.83. The third-order valence-electron chi connectivity index (χ3n) is 6.76. The van der Waals surface area contributed by atoms with Crippen LogP contribution in [0.2, 0.25) is 0 Å². The van der Waals surface area contributed by atoms with Crippen molar-refractivity contribution in [1.29, 1.82) is 5.26 Å². The molecule has 3 aromatic carbocycles. The topological polar surface area (TPSA) is 114 Å². The number of anilines is 1. The van der Waals surface area contributed by atoms with Gasteiger partial charge in [0.15, 0.2) is 5.78 Å². The van der Waals surface area contributed by atoms with E-state index in [-0.39, 0.29) is 29.4 Å². The lowest BCUT2D eigenvalue weighted by Gasteiger charge is -2.36. The molecule has 1 aliphatic heterocycles. The Balaban J connectivity index is 1.58. The maximum absolute atomic E-state index is 13.4. The summed E-state index contributed by atoms with van der Waals surface area (Å²) >= 11 is 0. The summed E-state index contributed by atoms with van der Waals surface area (Å²) in [4.78, 5) is 30.6. The highest BCUT2D eigenvalue weighted by Crippen LogP contribution is 2.35. The van der Waals surface area contributed by atoms with Gasteiger partial charge in [-0.3, -0.25) is 9.59 Å². The number of ether oxygens (including phenoxy) is 1. The molecule has 1 fully saturated rings. The van der Waals surface area contributed by atoms with E-state index in [1.54, 1.807) is 35.2 Å². The smallest absolute Gasteiger partial charge is 0.227 e. The number of amides is 1. The Morgan fingerprint density at radius 1 is 0.973 bits per heavy atom. The van der Waals surface area contributed by atoms with Crippen molar-refractivity contribution in [2.75, 3.05) is 38.2 Å². The van der Waals surface area contributed by atoms with Gasteiger partial charge in [-0.2, -0.15) is 5.26 Å². The van der Waals surface area contributed by atoms with Crippen molar-refractivity contribution in [3.63, 3.8) is 0 Å². The van der Waals surface area contributed by atoms with Crippen LogP contribution in [0.4, 0.5) is 5.69 Å². The Hall–Kier alpha value is -4.51. The van der Waals surface area contributed by atoms with Crippen LogP contribution in [0.15, 0.2) is 54.6 Å². The van der Waals surface area contributed by atoms with Crippen LogP contribution in [0.5, 0.6) is 17.2 Å². The first-order chi connectivity index (χ1) is 17.9. The lowest BCUT2D eigenvalue weighted by molar-refractivity contribution is -0.130. The maximum atomic E-state index is 13.4. The molecule has 1 heterocycles. The second-order valence-corrected chi connectivity index (χ2v) is 8.83. The van der Waals surface area contributed by atoms with Gasteiger partial charge in [0.2, 0.25) is 5.91 Å². The summed E-state index contributed by atoms with van der Waals surface area (Å²) in [6, 6.07) is 17.3. The Kier molecular flexibility index (Phi) is 7.63. The van der Waals surface area contributed by atoms with Crippen molar-refractivity contribution < 1.29 is 24.5 Å². The zero-order valence-electron chi connectivity index (χ0n) is 20.9. The number of benzene rings is 3. The molecule has 8 nitrogen and oxygen atoms in total. The number of hydrogen-bond donors (Lipinski definition) is 2. The molecule has 2 N–H and O–H groups in total. The van der Waals surface area contributed by atoms with Gasteiger partial charge in [-0.05, 0) is 53.9 Å². The molecular formula is C29H29N3O5. The number of aromatic hydroxyl groups is 2. The van der Waals surface area contributed by atoms with Gasteiger partial charge in [-0.1, -0.05) is 19.1 Å². The predicted molar refractivity (Wildman–Crippen MR) is 139 cm³/mol. The van der Waals surface area contributed by atoms with E-state index < -0.39 is 5.78 Å². The monoisotopic (exact) mass is 499 g/mol. The zero-order valence-corrected chi connectivity index (χ0v) is 20.9. The number of nitrogens with zero attached hydrogens (tertiary/aromatic N) is 3. The molecule has 1 aliphatic rings. The fourth-order valence-corrected chi connectivity index (χ4v) is 4.78. The molecule has 0 bridgehead atoms. The summed E-state index contributed by atoms with van der Waals surface area (Å²) in [5, 5.41) is 30.6. The van der Waals surface area contributed by atoms with Crippen LogP contribution in [0.25, 0.3) is 0 Å². The molecule has 0 radical (unpaired) electrons. The molecule has 0 aromatic heterocycles. The van der Waals surface area contributed by atoms with Crippen LogP contribution < -0.4 is 9.64 Å². The minimum atomic E-state index is -0.435. The summed E-state index contributed by atoms with van der Waals surface area (Å²) in [5.41, 5.74) is 2.59. The summed E-state index contributed by atoms with van der Waals surface area (Å²) in [6.07, 6.45) is 0.257. The van der Waals surface area contributed by atoms with Crippen LogP contribution in [0.1, 0.15) is 39.5 Å². The average Bonchev–Trinajstić information content (AvgIpc) is 2.93. The number of hydrogen-bond acceptors (Lipinski definition) is 7. The highest BCUT2D eigenvalue weighted by Gasteiger charge is 2.28. The normalized spacial score (nSPS) is 13.2. The van der Waals surface area contributed by atoms with Gasteiger partial charge >= 0.3 is 0 Å². The van der Waals surface area contributed by atoms with Crippen molar-refractivity contribution in [2.24, 2.45) is 0 Å². The summed E-state index contributed by atoms with van der Waals surface area (Å²) in [5.74, 6) is -0.553. The summed E-state index contributed by atoms with van der Waals surface area (Å²) in [7, 11) is 1.53. The molecule has 0 aliphatic carbocycles. The van der Waals surface area contributed by atoms with Gasteiger partial charge in [0.25, 0.3) is 0 Å². The van der Waals surface area contributed by atoms with E-state index in [9.17, 15) is 25.1 Å². The first-order valence-electron chi connectivity index (χ1n) is 12.1. The Labute approximate surface area is 215 Å². The first kappa shape index (κ1) is 25.6. The fraction of sp³-hybridized carbons (Fsp3) is 0.276. The molecule has 1 amide bonds. The predicted octanol–water partition coefficient (Wildman–Crippen LogP) is 3.66. The van der Waals surface area contributed by atoms with Gasteiger partial charge < -0.3 is 24.7 Å². The fourth-order valence-electron chi connectivity index (χ4n) is 4.78. The number of ketones is 1. The standard InChI is InChI=1S/C29H29N3O5/c1-3-22-23(28(26(34)17-25(22)33)29(36)19-8-10-21(37-2)11-9-19)16-27(35)32-14-12-31(13-15-32)24-7-5-4-6-20(24)18-30/h4-11,17,33-34H,3,12-16H2,1-2H3. The third-order valence-corrected chi connectivity index (χ3v) is 6.76. The lowest BCUT2D eigenvalue weighted by Crippen LogP contribution is -2.49. The van der Waals surface area contributed by atoms with E-state index in [0.29, 0.717) is 60.6 Å². The number of rotatable bonds is 7. The van der Waals surface area contributed by atoms with Crippen molar-refractivity contribution in [2.45, 2.75) is 19.8 Å². The Bertz CT molecular complexity index is 1350. The van der Waals surface area contributed by atoms with Crippen molar-refractivity contribution in [1.82, 2.24) is 4.90 Å². The van der Waals surface area contributed by atoms with Crippen molar-refractivity contribution >= 4 is 17.4 Å². The molecule has 0 atom stereocenters. The molecule has 190 valence electrons. The number of phenolic OH excluding ortho intramolecular Hbond substituents is 2. The van der Waals surface area contributed by atoms with Crippen LogP contribution in [-0.4, -0.2) is 60.1 Å². The Morgan fingerprint density at radius 2 is 1.65 bits per heavy atom. The summed E-state index contributed by atoms with van der Waals surface area (Å²) < 4.78 is 5.16. The number of para-hydroxylation sites is 1. The summed E-state index contributed by atoms with van der Waals surface area (Å²) in [6.45, 7) is 3.86. The molecule has 3 aromatic rings. The van der Waals surface area contributed by atoms with E-state index in [1.807, 2.05) is 25.1 Å². The van der Waals surface area contributed by atoms with E-state index in [1.165, 1.54) is 7.11 Å². The molecule has 0 spiro atoms. The van der Waals surface area contributed by atoms with Gasteiger partial charge in [0, 0.05) is 37.8 Å². The largest absolute Gasteiger partial charge is 0.508 e. The van der Waals surface area contributed by atoms with E-state index in [2.05, 4.69) is 11.0 Å². The minimum absolute atomic E-state index is 0.0229. The zero-order chi connectivity index (χ0) is 26.5. The van der Waals surface area contributed by atoms with Gasteiger partial charge in [-0.25, -0.2) is 0 Å². The van der Waals surface area contributed by atoms with E-state index in [0.717, 1.165) is 11.8 Å². The SMILES string of the molecule is CCc1c(O)cc(O)c(C(=O)c2ccc(OC)cc2)c1CC(=O)N1CCN(c2ccccc2C#N)CC1.